The lowest BCUT2D eigenvalue weighted by Gasteiger charge is -2.11. The Kier molecular flexibility index (Phi) is 5.00. The molecule has 0 fully saturated rings. The Labute approximate surface area is 167 Å². The number of carbonyl (C=O) groups excluding carboxylic acids is 1. The van der Waals surface area contributed by atoms with Crippen LogP contribution in [0.5, 0.6) is 0 Å². The molecule has 0 spiro atoms. The molecule has 154 valence electrons. The van der Waals surface area contributed by atoms with E-state index in [1.807, 2.05) is 24.3 Å². The number of rotatable bonds is 5. The first-order valence-corrected chi connectivity index (χ1v) is 8.86. The molecule has 0 radical (unpaired) electrons. The highest BCUT2D eigenvalue weighted by Gasteiger charge is 2.31. The summed E-state index contributed by atoms with van der Waals surface area (Å²) < 4.78 is 43.8. The highest BCUT2D eigenvalue weighted by Crippen LogP contribution is 2.31. The molecule has 10 heteroatoms. The molecular weight excluding hydrogens is 401 g/mol. The number of alkyl halides is 3. The number of amides is 1. The van der Waals surface area contributed by atoms with E-state index in [9.17, 15) is 23.1 Å². The van der Waals surface area contributed by atoms with Crippen LogP contribution in [0.1, 0.15) is 28.0 Å². The molecule has 4 aromatic rings. The van der Waals surface area contributed by atoms with Crippen LogP contribution in [-0.2, 0) is 6.18 Å². The first-order valence-electron chi connectivity index (χ1n) is 8.86. The predicted octanol–water partition coefficient (Wildman–Crippen LogP) is 3.70. The SMILES string of the molecule is O=C(NC(CO)c1nc(-c2cccc(C(F)(F)F)c2)no1)c1cc2ccccc2[nH]1. The number of nitrogens with zero attached hydrogens (tertiary/aromatic N) is 2. The normalized spacial score (nSPS) is 12.8. The van der Waals surface area contributed by atoms with Gasteiger partial charge in [0.25, 0.3) is 11.8 Å². The van der Waals surface area contributed by atoms with Crippen LogP contribution in [0, 0.1) is 0 Å². The van der Waals surface area contributed by atoms with Gasteiger partial charge in [0.1, 0.15) is 11.7 Å². The van der Waals surface area contributed by atoms with Crippen LogP contribution in [0.4, 0.5) is 13.2 Å². The number of hydrogen-bond donors (Lipinski definition) is 3. The number of aliphatic hydroxyl groups excluding tert-OH is 1. The van der Waals surface area contributed by atoms with E-state index in [0.29, 0.717) is 0 Å². The highest BCUT2D eigenvalue weighted by molar-refractivity contribution is 5.98. The quantitative estimate of drug-likeness (QED) is 0.460. The second-order valence-electron chi connectivity index (χ2n) is 6.51. The van der Waals surface area contributed by atoms with E-state index in [0.717, 1.165) is 23.0 Å². The summed E-state index contributed by atoms with van der Waals surface area (Å²) in [4.78, 5) is 19.5. The molecule has 0 aliphatic heterocycles. The molecule has 30 heavy (non-hydrogen) atoms. The second kappa shape index (κ2) is 7.64. The van der Waals surface area contributed by atoms with Gasteiger partial charge in [-0.25, -0.2) is 0 Å². The fraction of sp³-hybridized carbons (Fsp3) is 0.150. The standard InChI is InChI=1S/C20H15F3N4O3/c21-20(22,23)13-6-3-5-12(8-13)17-26-19(30-27-17)16(10-28)25-18(29)15-9-11-4-1-2-7-14(11)24-15/h1-9,16,24,28H,10H2,(H,25,29). The van der Waals surface area contributed by atoms with Crippen molar-refractivity contribution >= 4 is 16.8 Å². The van der Waals surface area contributed by atoms with Gasteiger partial charge in [0.15, 0.2) is 0 Å². The summed E-state index contributed by atoms with van der Waals surface area (Å²) in [6.45, 7) is -0.545. The zero-order chi connectivity index (χ0) is 21.3. The summed E-state index contributed by atoms with van der Waals surface area (Å²) >= 11 is 0. The number of nitrogens with one attached hydrogen (secondary N) is 2. The van der Waals surface area contributed by atoms with Gasteiger partial charge in [-0.15, -0.1) is 0 Å². The summed E-state index contributed by atoms with van der Waals surface area (Å²) in [7, 11) is 0. The van der Waals surface area contributed by atoms with Crippen molar-refractivity contribution in [1.82, 2.24) is 20.4 Å². The zero-order valence-corrected chi connectivity index (χ0v) is 15.3. The van der Waals surface area contributed by atoms with Gasteiger partial charge in [0.2, 0.25) is 5.82 Å². The van der Waals surface area contributed by atoms with E-state index in [2.05, 4.69) is 20.4 Å². The predicted molar refractivity (Wildman–Crippen MR) is 100 cm³/mol. The topological polar surface area (TPSA) is 104 Å². The molecule has 0 aliphatic rings. The summed E-state index contributed by atoms with van der Waals surface area (Å²) in [5.74, 6) is -0.729. The minimum absolute atomic E-state index is 0.0885. The molecule has 0 bridgehead atoms. The molecule has 0 saturated heterocycles. The third kappa shape index (κ3) is 3.90. The zero-order valence-electron chi connectivity index (χ0n) is 15.3. The number of para-hydroxylation sites is 1. The first kappa shape index (κ1) is 19.6. The first-order chi connectivity index (χ1) is 14.3. The van der Waals surface area contributed by atoms with Gasteiger partial charge in [0.05, 0.1) is 12.2 Å². The van der Waals surface area contributed by atoms with Gasteiger partial charge < -0.3 is 19.9 Å². The average molecular weight is 416 g/mol. The number of carbonyl (C=O) groups is 1. The number of halogens is 3. The number of fused-ring (bicyclic) bond motifs is 1. The average Bonchev–Trinajstić information content (AvgIpc) is 3.38. The number of aromatic amines is 1. The Morgan fingerprint density at radius 2 is 1.97 bits per heavy atom. The molecule has 7 nitrogen and oxygen atoms in total. The van der Waals surface area contributed by atoms with Crippen molar-refractivity contribution in [2.24, 2.45) is 0 Å². The van der Waals surface area contributed by atoms with E-state index < -0.39 is 30.3 Å². The maximum Gasteiger partial charge on any atom is 0.416 e. The molecule has 2 aromatic carbocycles. The van der Waals surface area contributed by atoms with Crippen molar-refractivity contribution in [1.29, 1.82) is 0 Å². The molecule has 1 atom stereocenters. The van der Waals surface area contributed by atoms with Gasteiger partial charge in [-0.05, 0) is 24.3 Å². The third-order valence-corrected chi connectivity index (χ3v) is 4.45. The molecule has 2 heterocycles. The monoisotopic (exact) mass is 416 g/mol. The number of aliphatic hydroxyl groups is 1. The van der Waals surface area contributed by atoms with E-state index in [-0.39, 0.29) is 23.0 Å². The highest BCUT2D eigenvalue weighted by atomic mass is 19.4. The van der Waals surface area contributed by atoms with Crippen LogP contribution < -0.4 is 5.32 Å². The smallest absolute Gasteiger partial charge is 0.394 e. The number of hydrogen-bond acceptors (Lipinski definition) is 5. The minimum atomic E-state index is -4.51. The molecule has 1 amide bonds. The number of aromatic nitrogens is 3. The molecular formula is C20H15F3N4O3. The molecule has 3 N–H and O–H groups in total. The second-order valence-corrected chi connectivity index (χ2v) is 6.51. The molecule has 0 saturated carbocycles. The molecule has 2 aromatic heterocycles. The Hall–Kier alpha value is -3.66. The van der Waals surface area contributed by atoms with Gasteiger partial charge in [-0.1, -0.05) is 35.5 Å². The largest absolute Gasteiger partial charge is 0.416 e. The lowest BCUT2D eigenvalue weighted by atomic mass is 10.1. The lowest BCUT2D eigenvalue weighted by molar-refractivity contribution is -0.137. The maximum absolute atomic E-state index is 12.9. The van der Waals surface area contributed by atoms with Crippen LogP contribution in [0.2, 0.25) is 0 Å². The Balaban J connectivity index is 1.54. The summed E-state index contributed by atoms with van der Waals surface area (Å²) in [5.41, 5.74) is 0.288. The van der Waals surface area contributed by atoms with Crippen molar-refractivity contribution in [3.63, 3.8) is 0 Å². The Morgan fingerprint density at radius 1 is 1.17 bits per heavy atom. The van der Waals surface area contributed by atoms with Gasteiger partial charge in [-0.3, -0.25) is 4.79 Å². The lowest BCUT2D eigenvalue weighted by Crippen LogP contribution is -2.31. The van der Waals surface area contributed by atoms with Crippen LogP contribution in [0.25, 0.3) is 22.3 Å². The maximum atomic E-state index is 12.9. The van der Waals surface area contributed by atoms with Crippen LogP contribution in [0.15, 0.2) is 59.1 Å². The number of benzene rings is 2. The minimum Gasteiger partial charge on any atom is -0.394 e. The van der Waals surface area contributed by atoms with Gasteiger partial charge in [0, 0.05) is 16.5 Å². The van der Waals surface area contributed by atoms with Crippen molar-refractivity contribution in [2.75, 3.05) is 6.61 Å². The summed E-state index contributed by atoms with van der Waals surface area (Å²) in [5, 5.41) is 16.7. The van der Waals surface area contributed by atoms with Crippen LogP contribution in [-0.4, -0.2) is 32.7 Å². The van der Waals surface area contributed by atoms with Crippen LogP contribution in [0.3, 0.4) is 0 Å². The Morgan fingerprint density at radius 3 is 2.70 bits per heavy atom. The molecule has 4 rings (SSSR count). The summed E-state index contributed by atoms with van der Waals surface area (Å²) in [6.07, 6.45) is -4.51. The van der Waals surface area contributed by atoms with Crippen molar-refractivity contribution in [2.45, 2.75) is 12.2 Å². The summed E-state index contributed by atoms with van der Waals surface area (Å²) in [6, 6.07) is 12.4. The van der Waals surface area contributed by atoms with E-state index >= 15 is 0 Å². The van der Waals surface area contributed by atoms with E-state index in [1.165, 1.54) is 12.1 Å². The fourth-order valence-electron chi connectivity index (χ4n) is 2.95. The van der Waals surface area contributed by atoms with E-state index in [4.69, 9.17) is 4.52 Å². The van der Waals surface area contributed by atoms with E-state index in [1.54, 1.807) is 6.07 Å². The van der Waals surface area contributed by atoms with Crippen LogP contribution >= 0.6 is 0 Å². The molecule has 0 aliphatic carbocycles. The third-order valence-electron chi connectivity index (χ3n) is 4.45. The number of H-pyrrole nitrogens is 1. The van der Waals surface area contributed by atoms with Gasteiger partial charge >= 0.3 is 6.18 Å². The van der Waals surface area contributed by atoms with Crippen molar-refractivity contribution < 1.29 is 27.6 Å². The van der Waals surface area contributed by atoms with Gasteiger partial charge in [-0.2, -0.15) is 18.2 Å². The van der Waals surface area contributed by atoms with Crippen molar-refractivity contribution in [3.05, 3.63) is 71.7 Å². The molecule has 1 unspecified atom stereocenters. The fourth-order valence-corrected chi connectivity index (χ4v) is 2.95. The van der Waals surface area contributed by atoms with Crippen molar-refractivity contribution in [3.8, 4) is 11.4 Å². The Bertz CT molecular complexity index is 1170.